The molecule has 0 unspecified atom stereocenters. The number of aliphatic hydroxyl groups is 1. The lowest BCUT2D eigenvalue weighted by molar-refractivity contribution is 0.0905. The first-order chi connectivity index (χ1) is 5.16. The summed E-state index contributed by atoms with van der Waals surface area (Å²) in [5.41, 5.74) is 0.300. The first-order valence-corrected chi connectivity index (χ1v) is 4.59. The van der Waals surface area contributed by atoms with Crippen LogP contribution < -0.4 is 5.32 Å². The molecule has 0 aromatic rings. The summed E-state index contributed by atoms with van der Waals surface area (Å²) in [6, 6.07) is 0. The predicted molar refractivity (Wildman–Crippen MR) is 46.6 cm³/mol. The van der Waals surface area contributed by atoms with Gasteiger partial charge in [-0.3, -0.25) is 0 Å². The Labute approximate surface area is 69.0 Å². The number of aliphatic hydroxyl groups excluding tert-OH is 1. The SMILES string of the molecule is CCNC1(C)CCC(O)CC1. The van der Waals surface area contributed by atoms with Crippen molar-refractivity contribution in [1.29, 1.82) is 0 Å². The molecule has 0 spiro atoms. The molecule has 0 radical (unpaired) electrons. The summed E-state index contributed by atoms with van der Waals surface area (Å²) in [5.74, 6) is 0. The molecule has 1 rings (SSSR count). The molecule has 11 heavy (non-hydrogen) atoms. The Balaban J connectivity index is 2.35. The summed E-state index contributed by atoms with van der Waals surface area (Å²) in [6.07, 6.45) is 4.11. The summed E-state index contributed by atoms with van der Waals surface area (Å²) >= 11 is 0. The third kappa shape index (κ3) is 2.46. The third-order valence-electron chi connectivity index (χ3n) is 2.66. The van der Waals surface area contributed by atoms with Gasteiger partial charge in [0.05, 0.1) is 6.10 Å². The lowest BCUT2D eigenvalue weighted by atomic mass is 9.82. The van der Waals surface area contributed by atoms with E-state index in [0.717, 1.165) is 32.2 Å². The van der Waals surface area contributed by atoms with Crippen molar-refractivity contribution in [3.05, 3.63) is 0 Å². The highest BCUT2D eigenvalue weighted by Gasteiger charge is 2.28. The van der Waals surface area contributed by atoms with E-state index >= 15 is 0 Å². The zero-order chi connectivity index (χ0) is 8.32. The summed E-state index contributed by atoms with van der Waals surface area (Å²) in [6.45, 7) is 5.42. The molecule has 1 saturated carbocycles. The Bertz CT molecular complexity index is 117. The molecule has 0 aromatic heterocycles. The zero-order valence-corrected chi connectivity index (χ0v) is 7.56. The van der Waals surface area contributed by atoms with Crippen LogP contribution in [0.25, 0.3) is 0 Å². The highest BCUT2D eigenvalue weighted by atomic mass is 16.3. The molecular weight excluding hydrogens is 138 g/mol. The Morgan fingerprint density at radius 3 is 2.45 bits per heavy atom. The van der Waals surface area contributed by atoms with Crippen LogP contribution >= 0.6 is 0 Å². The second kappa shape index (κ2) is 3.55. The van der Waals surface area contributed by atoms with Crippen LogP contribution in [0.3, 0.4) is 0 Å². The third-order valence-corrected chi connectivity index (χ3v) is 2.66. The van der Waals surface area contributed by atoms with Crippen LogP contribution in [0.4, 0.5) is 0 Å². The van der Waals surface area contributed by atoms with Gasteiger partial charge < -0.3 is 10.4 Å². The van der Waals surface area contributed by atoms with E-state index in [1.165, 1.54) is 0 Å². The van der Waals surface area contributed by atoms with Gasteiger partial charge in [-0.2, -0.15) is 0 Å². The first kappa shape index (κ1) is 9.01. The van der Waals surface area contributed by atoms with Gasteiger partial charge in [-0.25, -0.2) is 0 Å². The molecule has 0 atom stereocenters. The average molecular weight is 157 g/mol. The maximum Gasteiger partial charge on any atom is 0.0541 e. The summed E-state index contributed by atoms with van der Waals surface area (Å²) in [5, 5.41) is 12.8. The lowest BCUT2D eigenvalue weighted by Crippen LogP contribution is -2.45. The fourth-order valence-corrected chi connectivity index (χ4v) is 1.84. The van der Waals surface area contributed by atoms with E-state index in [1.807, 2.05) is 0 Å². The number of nitrogens with one attached hydrogen (secondary N) is 1. The van der Waals surface area contributed by atoms with Crippen LogP contribution in [-0.2, 0) is 0 Å². The minimum absolute atomic E-state index is 0.0401. The van der Waals surface area contributed by atoms with Crippen molar-refractivity contribution in [3.8, 4) is 0 Å². The summed E-state index contributed by atoms with van der Waals surface area (Å²) < 4.78 is 0. The lowest BCUT2D eigenvalue weighted by Gasteiger charge is -2.36. The standard InChI is InChI=1S/C9H19NO/c1-3-10-9(2)6-4-8(11)5-7-9/h8,10-11H,3-7H2,1-2H3. The monoisotopic (exact) mass is 157 g/mol. The topological polar surface area (TPSA) is 32.3 Å². The Morgan fingerprint density at radius 1 is 1.45 bits per heavy atom. The van der Waals surface area contributed by atoms with Gasteiger partial charge in [-0.15, -0.1) is 0 Å². The molecule has 2 N–H and O–H groups in total. The van der Waals surface area contributed by atoms with Crippen LogP contribution in [-0.4, -0.2) is 23.3 Å². The van der Waals surface area contributed by atoms with Gasteiger partial charge >= 0.3 is 0 Å². The van der Waals surface area contributed by atoms with E-state index in [9.17, 15) is 5.11 Å². The first-order valence-electron chi connectivity index (χ1n) is 4.59. The maximum absolute atomic E-state index is 9.28. The molecule has 0 bridgehead atoms. The second-order valence-electron chi connectivity index (χ2n) is 3.82. The summed E-state index contributed by atoms with van der Waals surface area (Å²) in [7, 11) is 0. The van der Waals surface area contributed by atoms with Gasteiger partial charge in [0.1, 0.15) is 0 Å². The van der Waals surface area contributed by atoms with Crippen molar-refractivity contribution in [2.75, 3.05) is 6.54 Å². The molecule has 2 nitrogen and oxygen atoms in total. The Hall–Kier alpha value is -0.0800. The molecule has 2 heteroatoms. The smallest absolute Gasteiger partial charge is 0.0541 e. The van der Waals surface area contributed by atoms with E-state index in [1.54, 1.807) is 0 Å². The van der Waals surface area contributed by atoms with Gasteiger partial charge in [0.2, 0.25) is 0 Å². The predicted octanol–water partition coefficient (Wildman–Crippen LogP) is 1.29. The fourth-order valence-electron chi connectivity index (χ4n) is 1.84. The van der Waals surface area contributed by atoms with Crippen molar-refractivity contribution < 1.29 is 5.11 Å². The molecule has 66 valence electrons. The van der Waals surface area contributed by atoms with E-state index in [0.29, 0.717) is 5.54 Å². The van der Waals surface area contributed by atoms with E-state index in [2.05, 4.69) is 19.2 Å². The molecule has 0 saturated heterocycles. The van der Waals surface area contributed by atoms with E-state index < -0.39 is 0 Å². The molecule has 0 heterocycles. The van der Waals surface area contributed by atoms with Gasteiger partial charge in [0, 0.05) is 5.54 Å². The largest absolute Gasteiger partial charge is 0.393 e. The second-order valence-corrected chi connectivity index (χ2v) is 3.82. The van der Waals surface area contributed by atoms with Gasteiger partial charge in [0.15, 0.2) is 0 Å². The quantitative estimate of drug-likeness (QED) is 0.633. The maximum atomic E-state index is 9.28. The van der Waals surface area contributed by atoms with Crippen molar-refractivity contribution in [1.82, 2.24) is 5.32 Å². The van der Waals surface area contributed by atoms with Crippen LogP contribution in [0.1, 0.15) is 39.5 Å². The molecule has 0 aromatic carbocycles. The minimum Gasteiger partial charge on any atom is -0.393 e. The van der Waals surface area contributed by atoms with Crippen molar-refractivity contribution in [2.45, 2.75) is 51.2 Å². The highest BCUT2D eigenvalue weighted by molar-refractivity contribution is 4.88. The highest BCUT2D eigenvalue weighted by Crippen LogP contribution is 2.27. The summed E-state index contributed by atoms with van der Waals surface area (Å²) in [4.78, 5) is 0. The average Bonchev–Trinajstić information content (AvgIpc) is 1.97. The number of rotatable bonds is 2. The number of hydrogen-bond acceptors (Lipinski definition) is 2. The van der Waals surface area contributed by atoms with Crippen LogP contribution in [0.2, 0.25) is 0 Å². The van der Waals surface area contributed by atoms with Gasteiger partial charge in [0.25, 0.3) is 0 Å². The molecule has 1 aliphatic rings. The Morgan fingerprint density at radius 2 is 2.00 bits per heavy atom. The van der Waals surface area contributed by atoms with Gasteiger partial charge in [-0.05, 0) is 39.2 Å². The van der Waals surface area contributed by atoms with Crippen molar-refractivity contribution in [2.24, 2.45) is 0 Å². The van der Waals surface area contributed by atoms with E-state index in [4.69, 9.17) is 0 Å². The van der Waals surface area contributed by atoms with E-state index in [-0.39, 0.29) is 6.10 Å². The molecule has 1 fully saturated rings. The molecule has 0 aliphatic heterocycles. The van der Waals surface area contributed by atoms with Crippen molar-refractivity contribution in [3.63, 3.8) is 0 Å². The molecular formula is C9H19NO. The molecule has 1 aliphatic carbocycles. The van der Waals surface area contributed by atoms with Crippen LogP contribution in [0, 0.1) is 0 Å². The van der Waals surface area contributed by atoms with Crippen molar-refractivity contribution >= 4 is 0 Å². The minimum atomic E-state index is -0.0401. The fraction of sp³-hybridized carbons (Fsp3) is 1.00. The van der Waals surface area contributed by atoms with Crippen LogP contribution in [0.15, 0.2) is 0 Å². The normalized spacial score (nSPS) is 39.0. The van der Waals surface area contributed by atoms with Crippen LogP contribution in [0.5, 0.6) is 0 Å². The Kier molecular flexibility index (Phi) is 2.90. The number of hydrogen-bond donors (Lipinski definition) is 2. The van der Waals surface area contributed by atoms with Gasteiger partial charge in [-0.1, -0.05) is 6.92 Å². The molecule has 0 amide bonds. The zero-order valence-electron chi connectivity index (χ0n) is 7.56.